The van der Waals surface area contributed by atoms with Crippen molar-refractivity contribution in [2.45, 2.75) is 19.3 Å². The van der Waals surface area contributed by atoms with Crippen LogP contribution in [0.4, 0.5) is 11.4 Å². The van der Waals surface area contributed by atoms with Crippen molar-refractivity contribution in [2.24, 2.45) is 0 Å². The Morgan fingerprint density at radius 1 is 0.566 bits per heavy atom. The van der Waals surface area contributed by atoms with E-state index in [0.717, 1.165) is 21.9 Å². The number of benzene rings is 8. The summed E-state index contributed by atoms with van der Waals surface area (Å²) in [6, 6.07) is 56.3. The Labute approximate surface area is 306 Å². The Hall–Kier alpha value is -6.52. The molecule has 8 aromatic carbocycles. The topological polar surface area (TPSA) is 21.3 Å². The maximum atomic E-state index is 6.53. The molecule has 3 aliphatic heterocycles. The van der Waals surface area contributed by atoms with E-state index in [1.807, 2.05) is 0 Å². The molecule has 0 saturated heterocycles. The molecule has 0 radical (unpaired) electrons. The normalized spacial score (nSPS) is 14.7. The van der Waals surface area contributed by atoms with Crippen LogP contribution in [-0.4, -0.2) is 11.4 Å². The highest BCUT2D eigenvalue weighted by molar-refractivity contribution is 6.93. The van der Waals surface area contributed by atoms with Crippen LogP contribution in [0.1, 0.15) is 25.0 Å². The standard InChI is InChI=1S/C49H31BN2O/c1-49(2)38-19-12-20-39-47(38)51-46-37(25-28-13-6-7-16-31(28)44(46)49)43-35(29-23-24-34-33-18-9-11-22-41(33)53-42(34)26-29)27-36-32-17-8-10-21-40(32)52(30-14-4-3-5-15-30)50(39)45(36)48(43)51/h3-27H,1-2H3. The van der Waals surface area contributed by atoms with E-state index in [9.17, 15) is 0 Å². The minimum absolute atomic E-state index is 0.00442. The van der Waals surface area contributed by atoms with Crippen molar-refractivity contribution in [3.8, 4) is 27.9 Å². The number of furan rings is 1. The van der Waals surface area contributed by atoms with Crippen molar-refractivity contribution in [1.82, 2.24) is 4.57 Å². The molecule has 0 spiro atoms. The van der Waals surface area contributed by atoms with E-state index in [0.29, 0.717) is 0 Å². The van der Waals surface area contributed by atoms with Gasteiger partial charge in [0.2, 0.25) is 0 Å². The van der Waals surface area contributed by atoms with Crippen LogP contribution in [0.15, 0.2) is 156 Å². The van der Waals surface area contributed by atoms with Crippen molar-refractivity contribution in [1.29, 1.82) is 0 Å². The van der Waals surface area contributed by atoms with E-state index in [2.05, 4.69) is 175 Å². The lowest BCUT2D eigenvalue weighted by Gasteiger charge is -2.45. The first-order valence-electron chi connectivity index (χ1n) is 18.6. The summed E-state index contributed by atoms with van der Waals surface area (Å²) in [6.07, 6.45) is 0. The quantitative estimate of drug-likeness (QED) is 0.170. The number of hydrogen-bond acceptors (Lipinski definition) is 2. The van der Waals surface area contributed by atoms with Gasteiger partial charge in [-0.3, -0.25) is 0 Å². The number of aromatic nitrogens is 1. The van der Waals surface area contributed by atoms with Gasteiger partial charge in [-0.25, -0.2) is 0 Å². The molecule has 53 heavy (non-hydrogen) atoms. The van der Waals surface area contributed by atoms with E-state index >= 15 is 0 Å². The third-order valence-corrected chi connectivity index (χ3v) is 12.7. The molecule has 0 atom stereocenters. The zero-order valence-corrected chi connectivity index (χ0v) is 29.3. The van der Waals surface area contributed by atoms with Crippen LogP contribution in [-0.2, 0) is 5.41 Å². The van der Waals surface area contributed by atoms with E-state index < -0.39 is 0 Å². The van der Waals surface area contributed by atoms with Crippen LogP contribution in [0.3, 0.4) is 0 Å². The van der Waals surface area contributed by atoms with Crippen LogP contribution < -0.4 is 15.7 Å². The first-order valence-corrected chi connectivity index (χ1v) is 18.6. The fourth-order valence-corrected chi connectivity index (χ4v) is 10.6. The number of anilines is 2. The minimum atomic E-state index is -0.229. The van der Waals surface area contributed by atoms with Crippen molar-refractivity contribution >= 4 is 83.7 Å². The summed E-state index contributed by atoms with van der Waals surface area (Å²) in [5, 5.41) is 7.55. The average Bonchev–Trinajstić information content (AvgIpc) is 3.74. The second-order valence-electron chi connectivity index (χ2n) is 15.6. The van der Waals surface area contributed by atoms with Gasteiger partial charge in [-0.1, -0.05) is 117 Å². The lowest BCUT2D eigenvalue weighted by molar-refractivity contribution is 0.637. The fourth-order valence-electron chi connectivity index (χ4n) is 10.6. The van der Waals surface area contributed by atoms with Gasteiger partial charge in [0.25, 0.3) is 0 Å². The van der Waals surface area contributed by atoms with E-state index in [1.54, 1.807) is 0 Å². The van der Waals surface area contributed by atoms with Gasteiger partial charge in [-0.2, -0.15) is 0 Å². The summed E-state index contributed by atoms with van der Waals surface area (Å²) in [4.78, 5) is 2.60. The highest BCUT2D eigenvalue weighted by atomic mass is 16.3. The average molecular weight is 675 g/mol. The molecule has 5 heterocycles. The Morgan fingerprint density at radius 3 is 2.25 bits per heavy atom. The highest BCUT2D eigenvalue weighted by Gasteiger charge is 2.48. The molecule has 0 bridgehead atoms. The molecule has 0 saturated carbocycles. The predicted octanol–water partition coefficient (Wildman–Crippen LogP) is 11.4. The van der Waals surface area contributed by atoms with Crippen LogP contribution in [0.2, 0.25) is 0 Å². The molecule has 246 valence electrons. The largest absolute Gasteiger partial charge is 0.456 e. The summed E-state index contributed by atoms with van der Waals surface area (Å²) in [5.41, 5.74) is 18.6. The summed E-state index contributed by atoms with van der Waals surface area (Å²) in [5.74, 6) is 0. The van der Waals surface area contributed by atoms with Gasteiger partial charge in [0.15, 0.2) is 0 Å². The van der Waals surface area contributed by atoms with Crippen molar-refractivity contribution < 1.29 is 4.42 Å². The highest BCUT2D eigenvalue weighted by Crippen LogP contribution is 2.54. The summed E-state index contributed by atoms with van der Waals surface area (Å²) < 4.78 is 9.21. The van der Waals surface area contributed by atoms with E-state index in [1.165, 1.54) is 93.9 Å². The SMILES string of the molecule is CC1(C)c2cccc3c2-n2c4c1c1ccccc1cc4c1c(-c4ccc5c(c4)oc4ccccc45)cc4c(c12)B3N(c1ccccc1)c1ccccc1-4. The zero-order valence-electron chi connectivity index (χ0n) is 29.3. The van der Waals surface area contributed by atoms with Crippen molar-refractivity contribution in [2.75, 3.05) is 4.81 Å². The Balaban J connectivity index is 1.28. The van der Waals surface area contributed by atoms with Crippen LogP contribution in [0.5, 0.6) is 0 Å². The third-order valence-electron chi connectivity index (χ3n) is 12.7. The molecule has 0 N–H and O–H groups in total. The van der Waals surface area contributed by atoms with Crippen LogP contribution in [0, 0.1) is 0 Å². The van der Waals surface area contributed by atoms with Gasteiger partial charge < -0.3 is 13.8 Å². The first-order chi connectivity index (χ1) is 26.1. The lowest BCUT2D eigenvalue weighted by atomic mass is 9.43. The molecular weight excluding hydrogens is 643 g/mol. The molecule has 3 nitrogen and oxygen atoms in total. The molecule has 3 aliphatic rings. The monoisotopic (exact) mass is 674 g/mol. The molecule has 4 heteroatoms. The minimum Gasteiger partial charge on any atom is -0.456 e. The van der Waals surface area contributed by atoms with E-state index in [-0.39, 0.29) is 12.3 Å². The Kier molecular flexibility index (Phi) is 5.02. The molecule has 0 unspecified atom stereocenters. The summed E-state index contributed by atoms with van der Waals surface area (Å²) >= 11 is 0. The fraction of sp³-hybridized carbons (Fsp3) is 0.0612. The molecule has 13 rings (SSSR count). The van der Waals surface area contributed by atoms with Gasteiger partial charge in [0.1, 0.15) is 11.2 Å². The molecule has 0 fully saturated rings. The molecular formula is C49H31BN2O. The lowest BCUT2D eigenvalue weighted by Crippen LogP contribution is -2.61. The summed E-state index contributed by atoms with van der Waals surface area (Å²) in [6.45, 7) is 4.87. The second kappa shape index (κ2) is 9.47. The van der Waals surface area contributed by atoms with Crippen LogP contribution in [0.25, 0.3) is 82.5 Å². The van der Waals surface area contributed by atoms with Gasteiger partial charge in [-0.15, -0.1) is 0 Å². The molecule has 2 aromatic heterocycles. The summed E-state index contributed by atoms with van der Waals surface area (Å²) in [7, 11) is 0. The predicted molar refractivity (Wildman–Crippen MR) is 222 cm³/mol. The smallest absolute Gasteiger partial charge is 0.333 e. The molecule has 10 aromatic rings. The maximum Gasteiger partial charge on any atom is 0.333 e. The number of hydrogen-bond donors (Lipinski definition) is 0. The van der Waals surface area contributed by atoms with Crippen molar-refractivity contribution in [3.63, 3.8) is 0 Å². The van der Waals surface area contributed by atoms with Gasteiger partial charge in [0, 0.05) is 49.6 Å². The Bertz CT molecular complexity index is 3280. The zero-order chi connectivity index (χ0) is 34.7. The second-order valence-corrected chi connectivity index (χ2v) is 15.6. The van der Waals surface area contributed by atoms with Gasteiger partial charge in [0.05, 0.1) is 11.0 Å². The van der Waals surface area contributed by atoms with Crippen LogP contribution >= 0.6 is 0 Å². The van der Waals surface area contributed by atoms with Gasteiger partial charge in [-0.05, 0) is 98.0 Å². The molecule has 0 amide bonds. The van der Waals surface area contributed by atoms with Crippen molar-refractivity contribution in [3.05, 3.63) is 163 Å². The maximum absolute atomic E-state index is 6.53. The Morgan fingerprint density at radius 2 is 1.34 bits per heavy atom. The number of rotatable bonds is 2. The van der Waals surface area contributed by atoms with Gasteiger partial charge >= 0.3 is 6.85 Å². The van der Waals surface area contributed by atoms with E-state index in [4.69, 9.17) is 4.42 Å². The molecule has 0 aliphatic carbocycles. The number of nitrogens with zero attached hydrogens (tertiary/aromatic N) is 2. The third kappa shape index (κ3) is 3.30. The number of fused-ring (bicyclic) bond motifs is 9. The first kappa shape index (κ1) is 28.1. The number of para-hydroxylation sites is 4.